The minimum Gasteiger partial charge on any atom is -0.372 e. The third kappa shape index (κ3) is 5.74. The van der Waals surface area contributed by atoms with E-state index in [1.54, 1.807) is 6.08 Å². The monoisotopic (exact) mass is 313 g/mol. The Kier molecular flexibility index (Phi) is 6.31. The van der Waals surface area contributed by atoms with Gasteiger partial charge in [0.1, 0.15) is 6.04 Å². The Labute approximate surface area is 139 Å². The molecule has 1 unspecified atom stereocenters. The molecule has 3 N–H and O–H groups in total. The van der Waals surface area contributed by atoms with Crippen LogP contribution in [0.5, 0.6) is 0 Å². The Morgan fingerprint density at radius 1 is 1.43 bits per heavy atom. The Bertz CT molecular complexity index is 624. The van der Waals surface area contributed by atoms with Crippen molar-refractivity contribution in [2.75, 3.05) is 0 Å². The maximum atomic E-state index is 11.7. The maximum Gasteiger partial charge on any atom is 0.239 e. The number of allylic oxidation sites excluding steroid dienone is 1. The third-order valence-electron chi connectivity index (χ3n) is 3.31. The first-order valence-corrected chi connectivity index (χ1v) is 7.69. The summed E-state index contributed by atoms with van der Waals surface area (Å²) in [6.07, 6.45) is 6.23. The van der Waals surface area contributed by atoms with Crippen LogP contribution in [0.15, 0.2) is 31.4 Å². The summed E-state index contributed by atoms with van der Waals surface area (Å²) in [5, 5.41) is 3.11. The number of nitrogens with zero attached hydrogens (tertiary/aromatic N) is 1. The molecule has 0 aromatic carbocycles. The Balaban J connectivity index is 3.00. The van der Waals surface area contributed by atoms with Crippen LogP contribution in [0.25, 0.3) is 17.8 Å². The lowest BCUT2D eigenvalue weighted by molar-refractivity contribution is -0.120. The van der Waals surface area contributed by atoms with Crippen molar-refractivity contribution in [1.29, 1.82) is 0 Å². The third-order valence-corrected chi connectivity index (χ3v) is 3.31. The number of aromatic nitrogens is 1. The standard InChI is InChI=1S/C19H27N3O/c1-7-9-14-10-11-16(22-15(14)8-2)13(3)21-17(18(20)23)12-19(4,5)6/h7-11,17,21H,2-3,12H2,1,4-6H3,(H2,20,23)/b9-7-. The van der Waals surface area contributed by atoms with E-state index >= 15 is 0 Å². The summed E-state index contributed by atoms with van der Waals surface area (Å²) in [4.78, 5) is 16.2. The molecule has 1 atom stereocenters. The maximum absolute atomic E-state index is 11.7. The number of primary amides is 1. The lowest BCUT2D eigenvalue weighted by Gasteiger charge is -2.26. The van der Waals surface area contributed by atoms with Crippen molar-refractivity contribution in [2.24, 2.45) is 11.1 Å². The average molecular weight is 313 g/mol. The van der Waals surface area contributed by atoms with Crippen molar-refractivity contribution in [3.63, 3.8) is 0 Å². The normalized spacial score (nSPS) is 12.9. The number of hydrogen-bond donors (Lipinski definition) is 2. The zero-order valence-corrected chi connectivity index (χ0v) is 14.5. The van der Waals surface area contributed by atoms with E-state index < -0.39 is 11.9 Å². The van der Waals surface area contributed by atoms with Crippen molar-refractivity contribution < 1.29 is 4.79 Å². The summed E-state index contributed by atoms with van der Waals surface area (Å²) in [6.45, 7) is 15.9. The van der Waals surface area contributed by atoms with Gasteiger partial charge < -0.3 is 11.1 Å². The van der Waals surface area contributed by atoms with Gasteiger partial charge in [0.15, 0.2) is 0 Å². The molecule has 0 saturated carbocycles. The summed E-state index contributed by atoms with van der Waals surface area (Å²) in [7, 11) is 0. The second-order valence-corrected chi connectivity index (χ2v) is 6.72. The molecule has 1 aromatic heterocycles. The second kappa shape index (κ2) is 7.77. The van der Waals surface area contributed by atoms with E-state index in [1.807, 2.05) is 31.2 Å². The highest BCUT2D eigenvalue weighted by atomic mass is 16.1. The van der Waals surface area contributed by atoms with E-state index in [0.29, 0.717) is 17.8 Å². The molecule has 0 fully saturated rings. The molecule has 0 aliphatic rings. The molecular formula is C19H27N3O. The topological polar surface area (TPSA) is 68.0 Å². The summed E-state index contributed by atoms with van der Waals surface area (Å²) in [5.41, 5.74) is 8.49. The molecule has 1 rings (SSSR count). The fraction of sp³-hybridized carbons (Fsp3) is 0.368. The van der Waals surface area contributed by atoms with Gasteiger partial charge in [-0.3, -0.25) is 4.79 Å². The zero-order valence-electron chi connectivity index (χ0n) is 14.5. The van der Waals surface area contributed by atoms with Crippen LogP contribution in [-0.4, -0.2) is 16.9 Å². The molecule has 0 bridgehead atoms. The van der Waals surface area contributed by atoms with Gasteiger partial charge in [0.2, 0.25) is 5.91 Å². The van der Waals surface area contributed by atoms with Gasteiger partial charge in [-0.15, -0.1) is 0 Å². The number of carbonyl (C=O) groups is 1. The van der Waals surface area contributed by atoms with E-state index in [4.69, 9.17) is 5.73 Å². The number of amides is 1. The van der Waals surface area contributed by atoms with Gasteiger partial charge in [-0.1, -0.05) is 52.1 Å². The smallest absolute Gasteiger partial charge is 0.239 e. The molecule has 23 heavy (non-hydrogen) atoms. The van der Waals surface area contributed by atoms with Gasteiger partial charge in [0, 0.05) is 0 Å². The highest BCUT2D eigenvalue weighted by molar-refractivity contribution is 5.82. The van der Waals surface area contributed by atoms with Gasteiger partial charge in [-0.25, -0.2) is 4.98 Å². The molecule has 1 heterocycles. The number of hydrogen-bond acceptors (Lipinski definition) is 3. The number of pyridine rings is 1. The molecule has 4 nitrogen and oxygen atoms in total. The van der Waals surface area contributed by atoms with Crippen molar-refractivity contribution in [3.05, 3.63) is 48.3 Å². The molecular weight excluding hydrogens is 286 g/mol. The van der Waals surface area contributed by atoms with Crippen LogP contribution >= 0.6 is 0 Å². The molecule has 1 aromatic rings. The van der Waals surface area contributed by atoms with Gasteiger partial charge in [0.25, 0.3) is 0 Å². The molecule has 0 aliphatic carbocycles. The first-order chi connectivity index (χ1) is 10.7. The summed E-state index contributed by atoms with van der Waals surface area (Å²) in [6, 6.07) is 3.34. The summed E-state index contributed by atoms with van der Waals surface area (Å²) < 4.78 is 0. The molecule has 0 saturated heterocycles. The summed E-state index contributed by atoms with van der Waals surface area (Å²) in [5.74, 6) is -0.393. The predicted molar refractivity (Wildman–Crippen MR) is 98.3 cm³/mol. The Hall–Kier alpha value is -2.36. The second-order valence-electron chi connectivity index (χ2n) is 6.72. The van der Waals surface area contributed by atoms with Crippen LogP contribution in [0.1, 0.15) is 51.1 Å². The SMILES string of the molecule is C=Cc1nc(C(=C)NC(CC(C)(C)C)C(N)=O)ccc1/C=C\C. The number of carbonyl (C=O) groups excluding carboxylic acids is 1. The highest BCUT2D eigenvalue weighted by Crippen LogP contribution is 2.22. The predicted octanol–water partition coefficient (Wildman–Crippen LogP) is 3.61. The van der Waals surface area contributed by atoms with Crippen LogP contribution in [0.4, 0.5) is 0 Å². The molecule has 0 spiro atoms. The molecule has 0 radical (unpaired) electrons. The van der Waals surface area contributed by atoms with Crippen molar-refractivity contribution in [2.45, 2.75) is 40.2 Å². The lowest BCUT2D eigenvalue weighted by Crippen LogP contribution is -2.42. The highest BCUT2D eigenvalue weighted by Gasteiger charge is 2.23. The van der Waals surface area contributed by atoms with Crippen LogP contribution < -0.4 is 11.1 Å². The van der Waals surface area contributed by atoms with Gasteiger partial charge in [-0.05, 0) is 36.5 Å². The molecule has 124 valence electrons. The van der Waals surface area contributed by atoms with Gasteiger partial charge >= 0.3 is 0 Å². The first-order valence-electron chi connectivity index (χ1n) is 7.69. The van der Waals surface area contributed by atoms with Crippen molar-refractivity contribution in [3.8, 4) is 0 Å². The average Bonchev–Trinajstić information content (AvgIpc) is 2.45. The van der Waals surface area contributed by atoms with Crippen molar-refractivity contribution in [1.82, 2.24) is 10.3 Å². The number of nitrogens with one attached hydrogen (secondary N) is 1. The van der Waals surface area contributed by atoms with Crippen molar-refractivity contribution >= 4 is 23.8 Å². The number of rotatable bonds is 7. The van der Waals surface area contributed by atoms with Gasteiger partial charge in [0.05, 0.1) is 17.1 Å². The Morgan fingerprint density at radius 3 is 2.57 bits per heavy atom. The fourth-order valence-corrected chi connectivity index (χ4v) is 2.26. The first kappa shape index (κ1) is 18.7. The Morgan fingerprint density at radius 2 is 2.09 bits per heavy atom. The molecule has 1 amide bonds. The zero-order chi connectivity index (χ0) is 17.6. The van der Waals surface area contributed by atoms with Gasteiger partial charge in [-0.2, -0.15) is 0 Å². The van der Waals surface area contributed by atoms with Crippen LogP contribution in [0.2, 0.25) is 0 Å². The van der Waals surface area contributed by atoms with Crippen LogP contribution in [0, 0.1) is 5.41 Å². The van der Waals surface area contributed by atoms with E-state index in [-0.39, 0.29) is 5.41 Å². The van der Waals surface area contributed by atoms with Crippen LogP contribution in [0.3, 0.4) is 0 Å². The molecule has 4 heteroatoms. The number of nitrogens with two attached hydrogens (primary N) is 1. The lowest BCUT2D eigenvalue weighted by atomic mass is 9.87. The van der Waals surface area contributed by atoms with E-state index in [1.165, 1.54) is 0 Å². The van der Waals surface area contributed by atoms with E-state index in [9.17, 15) is 4.79 Å². The summed E-state index contributed by atoms with van der Waals surface area (Å²) >= 11 is 0. The van der Waals surface area contributed by atoms with E-state index in [2.05, 4.69) is 44.2 Å². The minimum absolute atomic E-state index is 0.0253. The quantitative estimate of drug-likeness (QED) is 0.808. The van der Waals surface area contributed by atoms with Crippen LogP contribution in [-0.2, 0) is 4.79 Å². The van der Waals surface area contributed by atoms with E-state index in [0.717, 1.165) is 11.3 Å². The molecule has 0 aliphatic heterocycles. The fourth-order valence-electron chi connectivity index (χ4n) is 2.26. The minimum atomic E-state index is -0.480. The largest absolute Gasteiger partial charge is 0.372 e.